The monoisotopic (exact) mass is 361 g/mol. The van der Waals surface area contributed by atoms with E-state index >= 15 is 0 Å². The molecule has 98 valence electrons. The summed E-state index contributed by atoms with van der Waals surface area (Å²) in [5, 5.41) is 3.01. The molecule has 2 nitrogen and oxygen atoms in total. The van der Waals surface area contributed by atoms with E-state index in [0.29, 0.717) is 10.2 Å². The quantitative estimate of drug-likeness (QED) is 0.786. The Kier molecular flexibility index (Phi) is 4.45. The molecule has 0 saturated carbocycles. The van der Waals surface area contributed by atoms with Crippen LogP contribution >= 0.6 is 39.1 Å². The van der Waals surface area contributed by atoms with Crippen LogP contribution in [-0.2, 0) is 0 Å². The summed E-state index contributed by atoms with van der Waals surface area (Å²) in [4.78, 5) is 12.0. The van der Waals surface area contributed by atoms with Crippen molar-refractivity contribution >= 4 is 50.7 Å². The molecular weight excluding hydrogens is 356 g/mol. The van der Waals surface area contributed by atoms with Crippen LogP contribution in [0.25, 0.3) is 0 Å². The number of carbonyl (C=O) groups excluding carboxylic acids is 1. The Morgan fingerprint density at radius 3 is 2.63 bits per heavy atom. The average Bonchev–Trinajstić information content (AvgIpc) is 2.37. The van der Waals surface area contributed by atoms with Crippen molar-refractivity contribution in [2.24, 2.45) is 0 Å². The van der Waals surface area contributed by atoms with Gasteiger partial charge in [0.1, 0.15) is 5.82 Å². The molecule has 1 amide bonds. The number of anilines is 1. The van der Waals surface area contributed by atoms with Crippen molar-refractivity contribution in [3.63, 3.8) is 0 Å². The highest BCUT2D eigenvalue weighted by Crippen LogP contribution is 2.26. The lowest BCUT2D eigenvalue weighted by Gasteiger charge is -2.08. The molecule has 0 heterocycles. The van der Waals surface area contributed by atoms with Crippen LogP contribution in [0.3, 0.4) is 0 Å². The van der Waals surface area contributed by atoms with Crippen molar-refractivity contribution in [2.75, 3.05) is 5.32 Å². The van der Waals surface area contributed by atoms with Gasteiger partial charge in [0.15, 0.2) is 0 Å². The van der Waals surface area contributed by atoms with Gasteiger partial charge in [-0.1, -0.05) is 29.3 Å². The fourth-order valence-electron chi connectivity index (χ4n) is 1.45. The molecule has 0 atom stereocenters. The number of rotatable bonds is 2. The van der Waals surface area contributed by atoms with Crippen molar-refractivity contribution < 1.29 is 9.18 Å². The predicted octanol–water partition coefficient (Wildman–Crippen LogP) is 5.15. The molecule has 0 aliphatic rings. The summed E-state index contributed by atoms with van der Waals surface area (Å²) < 4.78 is 13.7. The molecule has 0 aliphatic carbocycles. The third-order valence-electron chi connectivity index (χ3n) is 2.37. The van der Waals surface area contributed by atoms with Crippen molar-refractivity contribution in [1.82, 2.24) is 0 Å². The number of hydrogen-bond donors (Lipinski definition) is 1. The van der Waals surface area contributed by atoms with Crippen LogP contribution in [0.4, 0.5) is 10.1 Å². The first-order valence-electron chi connectivity index (χ1n) is 5.19. The summed E-state index contributed by atoms with van der Waals surface area (Å²) in [7, 11) is 0. The van der Waals surface area contributed by atoms with E-state index < -0.39 is 11.7 Å². The minimum absolute atomic E-state index is 0.166. The summed E-state index contributed by atoms with van der Waals surface area (Å²) in [5.74, 6) is -0.913. The second kappa shape index (κ2) is 5.90. The van der Waals surface area contributed by atoms with Gasteiger partial charge < -0.3 is 5.32 Å². The Bertz CT molecular complexity index is 649. The van der Waals surface area contributed by atoms with Gasteiger partial charge in [0, 0.05) is 5.69 Å². The molecule has 2 rings (SSSR count). The van der Waals surface area contributed by atoms with Gasteiger partial charge in [-0.2, -0.15) is 0 Å². The van der Waals surface area contributed by atoms with E-state index in [0.717, 1.165) is 0 Å². The Hall–Kier alpha value is -1.10. The zero-order chi connectivity index (χ0) is 14.0. The number of hydrogen-bond acceptors (Lipinski definition) is 1. The zero-order valence-electron chi connectivity index (χ0n) is 9.38. The standard InChI is InChI=1S/C13H7BrCl2FNO/c14-9-5-4-7(6-11(9)17)18-13(19)8-2-1-3-10(15)12(8)16/h1-6H,(H,18,19). The van der Waals surface area contributed by atoms with Gasteiger partial charge in [0.05, 0.1) is 20.1 Å². The highest BCUT2D eigenvalue weighted by Gasteiger charge is 2.13. The van der Waals surface area contributed by atoms with Crippen LogP contribution in [0, 0.1) is 5.82 Å². The third-order valence-corrected chi connectivity index (χ3v) is 3.84. The fraction of sp³-hybridized carbons (Fsp3) is 0. The molecule has 1 N–H and O–H groups in total. The average molecular weight is 363 g/mol. The number of benzene rings is 2. The van der Waals surface area contributed by atoms with Crippen molar-refractivity contribution in [3.8, 4) is 0 Å². The van der Waals surface area contributed by atoms with E-state index in [1.54, 1.807) is 24.3 Å². The maximum absolute atomic E-state index is 13.3. The first-order chi connectivity index (χ1) is 8.99. The zero-order valence-corrected chi connectivity index (χ0v) is 12.5. The van der Waals surface area contributed by atoms with Crippen LogP contribution < -0.4 is 5.32 Å². The molecule has 2 aromatic carbocycles. The molecule has 0 spiro atoms. The molecule has 2 aromatic rings. The Balaban J connectivity index is 2.26. The highest BCUT2D eigenvalue weighted by molar-refractivity contribution is 9.10. The molecule has 6 heteroatoms. The van der Waals surface area contributed by atoms with Crippen LogP contribution in [0.5, 0.6) is 0 Å². The molecule has 0 aromatic heterocycles. The van der Waals surface area contributed by atoms with E-state index in [1.807, 2.05) is 0 Å². The normalized spacial score (nSPS) is 10.3. The van der Waals surface area contributed by atoms with E-state index in [1.165, 1.54) is 12.1 Å². The number of amides is 1. The van der Waals surface area contributed by atoms with Gasteiger partial charge in [-0.25, -0.2) is 4.39 Å². The molecule has 0 fully saturated rings. The summed E-state index contributed by atoms with van der Waals surface area (Å²) in [6.07, 6.45) is 0. The molecule has 0 unspecified atom stereocenters. The second-order valence-corrected chi connectivity index (χ2v) is 5.32. The number of halogens is 4. The Morgan fingerprint density at radius 2 is 1.95 bits per heavy atom. The number of carbonyl (C=O) groups is 1. The molecule has 0 bridgehead atoms. The third kappa shape index (κ3) is 3.26. The maximum atomic E-state index is 13.3. The van der Waals surface area contributed by atoms with Gasteiger partial charge in [0.2, 0.25) is 0 Å². The van der Waals surface area contributed by atoms with E-state index in [9.17, 15) is 9.18 Å². The summed E-state index contributed by atoms with van der Waals surface area (Å²) in [5.41, 5.74) is 0.569. The summed E-state index contributed by atoms with van der Waals surface area (Å²) in [6, 6.07) is 9.03. The van der Waals surface area contributed by atoms with Crippen molar-refractivity contribution in [2.45, 2.75) is 0 Å². The lowest BCUT2D eigenvalue weighted by atomic mass is 10.2. The first kappa shape index (κ1) is 14.3. The van der Waals surface area contributed by atoms with Gasteiger partial charge in [-0.05, 0) is 46.3 Å². The van der Waals surface area contributed by atoms with Crippen molar-refractivity contribution in [3.05, 3.63) is 62.3 Å². The van der Waals surface area contributed by atoms with E-state index in [4.69, 9.17) is 23.2 Å². The maximum Gasteiger partial charge on any atom is 0.257 e. The Morgan fingerprint density at radius 1 is 1.21 bits per heavy atom. The molecule has 19 heavy (non-hydrogen) atoms. The Labute approximate surface area is 127 Å². The van der Waals surface area contributed by atoms with Crippen LogP contribution in [0.1, 0.15) is 10.4 Å². The minimum atomic E-state index is -0.463. The predicted molar refractivity (Wildman–Crippen MR) is 78.5 cm³/mol. The van der Waals surface area contributed by atoms with Crippen molar-refractivity contribution in [1.29, 1.82) is 0 Å². The lowest BCUT2D eigenvalue weighted by molar-refractivity contribution is 0.102. The topological polar surface area (TPSA) is 29.1 Å². The summed E-state index contributed by atoms with van der Waals surface area (Å²) >= 11 is 14.8. The van der Waals surface area contributed by atoms with E-state index in [-0.39, 0.29) is 15.6 Å². The molecule has 0 saturated heterocycles. The van der Waals surface area contributed by atoms with Crippen LogP contribution in [0.2, 0.25) is 10.0 Å². The number of nitrogens with one attached hydrogen (secondary N) is 1. The molecular formula is C13H7BrCl2FNO. The highest BCUT2D eigenvalue weighted by atomic mass is 79.9. The SMILES string of the molecule is O=C(Nc1ccc(Br)c(F)c1)c1cccc(Cl)c1Cl. The van der Waals surface area contributed by atoms with Gasteiger partial charge in [-0.3, -0.25) is 4.79 Å². The van der Waals surface area contributed by atoms with E-state index in [2.05, 4.69) is 21.2 Å². The first-order valence-corrected chi connectivity index (χ1v) is 6.74. The fourth-order valence-corrected chi connectivity index (χ4v) is 2.08. The van der Waals surface area contributed by atoms with Crippen LogP contribution in [-0.4, -0.2) is 5.91 Å². The van der Waals surface area contributed by atoms with Gasteiger partial charge in [-0.15, -0.1) is 0 Å². The second-order valence-electron chi connectivity index (χ2n) is 3.68. The lowest BCUT2D eigenvalue weighted by Crippen LogP contribution is -2.12. The largest absolute Gasteiger partial charge is 0.322 e. The van der Waals surface area contributed by atoms with Gasteiger partial charge >= 0.3 is 0 Å². The molecule has 0 radical (unpaired) electrons. The van der Waals surface area contributed by atoms with Gasteiger partial charge in [0.25, 0.3) is 5.91 Å². The molecule has 0 aliphatic heterocycles. The summed E-state index contributed by atoms with van der Waals surface area (Å²) in [6.45, 7) is 0. The van der Waals surface area contributed by atoms with Crippen LogP contribution in [0.15, 0.2) is 40.9 Å². The smallest absolute Gasteiger partial charge is 0.257 e. The minimum Gasteiger partial charge on any atom is -0.322 e.